The second-order valence-electron chi connectivity index (χ2n) is 10.9. The molecule has 5 rings (SSSR count). The number of hydrogen-bond acceptors (Lipinski definition) is 6. The van der Waals surface area contributed by atoms with Crippen molar-refractivity contribution in [2.45, 2.75) is 83.5 Å². The van der Waals surface area contributed by atoms with E-state index in [1.54, 1.807) is 19.1 Å². The maximum atomic E-state index is 12.7. The Labute approximate surface area is 201 Å². The molecule has 186 valence electrons. The molecule has 3 aliphatic carbocycles. The lowest BCUT2D eigenvalue weighted by Crippen LogP contribution is -2.65. The fraction of sp³-hybridized carbons (Fsp3) is 0.680. The molecule has 9 heteroatoms. The molecule has 34 heavy (non-hydrogen) atoms. The summed E-state index contributed by atoms with van der Waals surface area (Å²) < 4.78 is 18.5. The predicted molar refractivity (Wildman–Crippen MR) is 127 cm³/mol. The quantitative estimate of drug-likeness (QED) is 0.473. The first kappa shape index (κ1) is 25.0. The van der Waals surface area contributed by atoms with Gasteiger partial charge in [0.1, 0.15) is 11.3 Å². The van der Waals surface area contributed by atoms with Crippen LogP contribution in [0.3, 0.4) is 0 Å². The maximum absolute atomic E-state index is 12.7. The van der Waals surface area contributed by atoms with Crippen LogP contribution in [0.2, 0.25) is 0 Å². The Hall–Kier alpha value is -2.10. The van der Waals surface area contributed by atoms with Gasteiger partial charge in [-0.25, -0.2) is 4.79 Å². The highest BCUT2D eigenvalue weighted by Crippen LogP contribution is 2.65. The molecular weight excluding hydrogens is 437 g/mol. The summed E-state index contributed by atoms with van der Waals surface area (Å²) >= 11 is 0. The van der Waals surface area contributed by atoms with Crippen LogP contribution < -0.4 is 10.1 Å². The van der Waals surface area contributed by atoms with Gasteiger partial charge in [0.05, 0.1) is 30.9 Å². The van der Waals surface area contributed by atoms with Crippen molar-refractivity contribution in [2.24, 2.45) is 17.3 Å². The van der Waals surface area contributed by atoms with Crippen molar-refractivity contribution in [1.29, 1.82) is 0 Å². The van der Waals surface area contributed by atoms with Crippen molar-refractivity contribution in [3.63, 3.8) is 0 Å². The smallest absolute Gasteiger partial charge is 0.482 e. The number of rotatable bonds is 9. The SMILES string of the molecule is COc1c(CC(NC(=O)CCC(C)O)B2OC3CC4CC(C4(C)C)C3(C)O2)cccc1C(=O)O. The second kappa shape index (κ2) is 9.17. The van der Waals surface area contributed by atoms with Crippen molar-refractivity contribution >= 4 is 19.0 Å². The van der Waals surface area contributed by atoms with Crippen LogP contribution in [0, 0.1) is 17.3 Å². The number of carbonyl (C=O) groups is 2. The molecule has 6 atom stereocenters. The van der Waals surface area contributed by atoms with Crippen LogP contribution in [0.1, 0.15) is 69.3 Å². The van der Waals surface area contributed by atoms with Crippen molar-refractivity contribution in [3.05, 3.63) is 29.3 Å². The van der Waals surface area contributed by atoms with E-state index in [4.69, 9.17) is 14.0 Å². The first-order valence-corrected chi connectivity index (χ1v) is 12.2. The molecular formula is C25H36BNO7. The van der Waals surface area contributed by atoms with E-state index in [9.17, 15) is 19.8 Å². The molecule has 0 aromatic heterocycles. The average molecular weight is 473 g/mol. The summed E-state index contributed by atoms with van der Waals surface area (Å²) in [5.74, 6) is -0.582. The van der Waals surface area contributed by atoms with E-state index in [0.29, 0.717) is 23.8 Å². The Morgan fingerprint density at radius 2 is 2.03 bits per heavy atom. The van der Waals surface area contributed by atoms with Crippen LogP contribution in [0.25, 0.3) is 0 Å². The van der Waals surface area contributed by atoms with E-state index in [2.05, 4.69) is 26.1 Å². The molecule has 2 bridgehead atoms. The molecule has 3 saturated carbocycles. The monoisotopic (exact) mass is 473 g/mol. The summed E-state index contributed by atoms with van der Waals surface area (Å²) in [5, 5.41) is 22.2. The van der Waals surface area contributed by atoms with E-state index in [1.165, 1.54) is 13.2 Å². The minimum Gasteiger partial charge on any atom is -0.496 e. The van der Waals surface area contributed by atoms with E-state index in [0.717, 1.165) is 12.8 Å². The van der Waals surface area contributed by atoms with Crippen LogP contribution >= 0.6 is 0 Å². The van der Waals surface area contributed by atoms with Crippen LogP contribution in [-0.2, 0) is 20.5 Å². The molecule has 3 N–H and O–H groups in total. The molecule has 0 radical (unpaired) electrons. The largest absolute Gasteiger partial charge is 0.496 e. The average Bonchev–Trinajstić information content (AvgIpc) is 3.14. The Bertz CT molecular complexity index is 951. The highest BCUT2D eigenvalue weighted by Gasteiger charge is 2.68. The van der Waals surface area contributed by atoms with Gasteiger partial charge in [-0.2, -0.15) is 0 Å². The van der Waals surface area contributed by atoms with Crippen molar-refractivity contribution < 1.29 is 33.8 Å². The van der Waals surface area contributed by atoms with Gasteiger partial charge < -0.3 is 29.6 Å². The number of aromatic carboxylic acids is 1. The summed E-state index contributed by atoms with van der Waals surface area (Å²) in [5.41, 5.74) is 0.479. The number of aliphatic hydroxyl groups excluding tert-OH is 1. The summed E-state index contributed by atoms with van der Waals surface area (Å²) in [4.78, 5) is 24.4. The van der Waals surface area contributed by atoms with Gasteiger partial charge in [-0.3, -0.25) is 4.79 Å². The number of ether oxygens (including phenoxy) is 1. The third kappa shape index (κ3) is 4.34. The number of nitrogens with one attached hydrogen (secondary N) is 1. The molecule has 6 unspecified atom stereocenters. The number of methoxy groups -OCH3 is 1. The Morgan fingerprint density at radius 1 is 1.29 bits per heavy atom. The molecule has 8 nitrogen and oxygen atoms in total. The van der Waals surface area contributed by atoms with E-state index < -0.39 is 30.7 Å². The van der Waals surface area contributed by atoms with Crippen LogP contribution in [0.4, 0.5) is 0 Å². The normalized spacial score (nSPS) is 30.6. The van der Waals surface area contributed by atoms with Crippen LogP contribution in [-0.4, -0.2) is 60.1 Å². The van der Waals surface area contributed by atoms with E-state index in [-0.39, 0.29) is 41.6 Å². The number of carboxylic acid groups (broad SMARTS) is 1. The summed E-state index contributed by atoms with van der Waals surface area (Å²) in [6.07, 6.45) is 2.24. The maximum Gasteiger partial charge on any atom is 0.482 e. The minimum atomic E-state index is -1.08. The van der Waals surface area contributed by atoms with Crippen LogP contribution in [0.5, 0.6) is 5.75 Å². The Morgan fingerprint density at radius 3 is 2.65 bits per heavy atom. The molecule has 1 saturated heterocycles. The van der Waals surface area contributed by atoms with Gasteiger partial charge in [-0.15, -0.1) is 0 Å². The summed E-state index contributed by atoms with van der Waals surface area (Å²) in [6.45, 7) is 8.36. The van der Waals surface area contributed by atoms with Crippen molar-refractivity contribution in [3.8, 4) is 5.75 Å². The van der Waals surface area contributed by atoms with E-state index in [1.807, 2.05) is 0 Å². The molecule has 1 amide bonds. The zero-order valence-electron chi connectivity index (χ0n) is 20.7. The molecule has 4 aliphatic rings. The molecule has 1 aromatic rings. The third-order valence-corrected chi connectivity index (χ3v) is 8.40. The summed E-state index contributed by atoms with van der Waals surface area (Å²) in [6, 6.07) is 4.96. The number of benzene rings is 1. The Kier molecular flexibility index (Phi) is 6.74. The standard InChI is InChI=1S/C25H36BNO7/c1-14(28)9-10-21(29)27-20(11-15-7-6-8-17(23(30)31)22(15)32-5)26-33-19-13-16-12-18(24(16,2)3)25(19,4)34-26/h6-8,14,16,18-20,28H,9-13H2,1-5H3,(H,27,29)(H,30,31). The molecule has 4 fully saturated rings. The first-order valence-electron chi connectivity index (χ1n) is 12.2. The highest BCUT2D eigenvalue weighted by atomic mass is 16.7. The topological polar surface area (TPSA) is 114 Å². The van der Waals surface area contributed by atoms with Gasteiger partial charge >= 0.3 is 13.1 Å². The van der Waals surface area contributed by atoms with Gasteiger partial charge in [0, 0.05) is 6.42 Å². The highest BCUT2D eigenvalue weighted by molar-refractivity contribution is 6.48. The second-order valence-corrected chi connectivity index (χ2v) is 10.9. The number of amides is 1. The minimum absolute atomic E-state index is 0.0432. The Balaban J connectivity index is 1.59. The third-order valence-electron chi connectivity index (χ3n) is 8.40. The van der Waals surface area contributed by atoms with Crippen molar-refractivity contribution in [1.82, 2.24) is 5.32 Å². The van der Waals surface area contributed by atoms with E-state index >= 15 is 0 Å². The van der Waals surface area contributed by atoms with Gasteiger partial charge in [-0.05, 0) is 68.4 Å². The zero-order valence-corrected chi connectivity index (χ0v) is 20.7. The van der Waals surface area contributed by atoms with Gasteiger partial charge in [0.25, 0.3) is 0 Å². The summed E-state index contributed by atoms with van der Waals surface area (Å²) in [7, 11) is 0.772. The lowest BCUT2D eigenvalue weighted by atomic mass is 9.43. The fourth-order valence-electron chi connectivity index (χ4n) is 6.30. The lowest BCUT2D eigenvalue weighted by Gasteiger charge is -2.64. The fourth-order valence-corrected chi connectivity index (χ4v) is 6.30. The number of aliphatic hydroxyl groups is 1. The molecule has 1 aliphatic heterocycles. The molecule has 0 spiro atoms. The predicted octanol–water partition coefficient (Wildman–Crippen LogP) is 2.85. The first-order chi connectivity index (χ1) is 16.0. The van der Waals surface area contributed by atoms with Gasteiger partial charge in [-0.1, -0.05) is 26.0 Å². The zero-order chi connectivity index (χ0) is 24.8. The number of hydrogen-bond donors (Lipinski definition) is 3. The number of carbonyl (C=O) groups excluding carboxylic acids is 1. The number of carboxylic acids is 1. The van der Waals surface area contributed by atoms with Gasteiger partial charge in [0.2, 0.25) is 5.91 Å². The van der Waals surface area contributed by atoms with Gasteiger partial charge in [0.15, 0.2) is 0 Å². The molecule has 1 aromatic carbocycles. The lowest BCUT2D eigenvalue weighted by molar-refractivity contribution is -0.199. The molecule has 1 heterocycles. The van der Waals surface area contributed by atoms with Crippen LogP contribution in [0.15, 0.2) is 18.2 Å². The number of para-hydroxylation sites is 1. The van der Waals surface area contributed by atoms with Crippen molar-refractivity contribution in [2.75, 3.05) is 7.11 Å².